The van der Waals surface area contributed by atoms with Crippen LogP contribution in [-0.2, 0) is 16.8 Å². The molecule has 2 fully saturated rings. The van der Waals surface area contributed by atoms with Crippen molar-refractivity contribution < 1.29 is 4.79 Å². The van der Waals surface area contributed by atoms with Crippen LogP contribution in [0.4, 0.5) is 0 Å². The fourth-order valence-electron chi connectivity index (χ4n) is 4.59. The number of amides is 1. The summed E-state index contributed by atoms with van der Waals surface area (Å²) >= 11 is 0. The van der Waals surface area contributed by atoms with Gasteiger partial charge in [-0.1, -0.05) is 26.0 Å². The molecule has 4 heterocycles. The fraction of sp³-hybridized carbons (Fsp3) is 0.667. The molecule has 29 heavy (non-hydrogen) atoms. The van der Waals surface area contributed by atoms with Crippen LogP contribution in [0.25, 0.3) is 0 Å². The van der Waals surface area contributed by atoms with Crippen LogP contribution in [0, 0.1) is 13.8 Å². The molecule has 2 aliphatic heterocycles. The zero-order valence-corrected chi connectivity index (χ0v) is 17.9. The molecule has 2 aromatic heterocycles. The first kappa shape index (κ1) is 19.8. The molecule has 2 bridgehead atoms. The van der Waals surface area contributed by atoms with Crippen molar-refractivity contribution in [2.75, 3.05) is 0 Å². The van der Waals surface area contributed by atoms with Gasteiger partial charge in [0.25, 0.3) is 5.56 Å². The molecule has 2 aromatic rings. The zero-order valence-electron chi connectivity index (χ0n) is 17.9. The summed E-state index contributed by atoms with van der Waals surface area (Å²) in [5.74, 6) is 0.0112. The van der Waals surface area contributed by atoms with Gasteiger partial charge < -0.3 is 4.90 Å². The van der Waals surface area contributed by atoms with Gasteiger partial charge in [-0.05, 0) is 39.5 Å². The predicted molar refractivity (Wildman–Crippen MR) is 109 cm³/mol. The standard InChI is InChI=1S/C21H30N6O2/c1-13-14(2)22-12-25(20(13)29)11-19(28)27-15-6-7-16(27)9-17(8-15)26-10-18(23-24-26)21(3,4)5/h10,12,15-17H,6-9,11H2,1-5H3. The molecule has 2 saturated heterocycles. The number of nitrogens with zero attached hydrogens (tertiary/aromatic N) is 6. The highest BCUT2D eigenvalue weighted by molar-refractivity contribution is 5.77. The summed E-state index contributed by atoms with van der Waals surface area (Å²) in [4.78, 5) is 31.8. The number of aryl methyl sites for hydroxylation is 1. The molecule has 0 spiro atoms. The molecule has 2 aliphatic rings. The van der Waals surface area contributed by atoms with Crippen LogP contribution < -0.4 is 5.56 Å². The van der Waals surface area contributed by atoms with E-state index in [2.05, 4.69) is 42.3 Å². The summed E-state index contributed by atoms with van der Waals surface area (Å²) in [5, 5.41) is 8.74. The largest absolute Gasteiger partial charge is 0.335 e. The number of hydrogen-bond donors (Lipinski definition) is 0. The Morgan fingerprint density at radius 3 is 2.38 bits per heavy atom. The van der Waals surface area contributed by atoms with Crippen molar-refractivity contribution in [1.82, 2.24) is 29.4 Å². The molecule has 156 valence electrons. The number of piperidine rings is 1. The van der Waals surface area contributed by atoms with E-state index in [0.717, 1.165) is 31.4 Å². The second-order valence-electron chi connectivity index (χ2n) is 9.53. The molecule has 4 rings (SSSR count). The van der Waals surface area contributed by atoms with Gasteiger partial charge in [-0.3, -0.25) is 14.2 Å². The molecule has 2 atom stereocenters. The van der Waals surface area contributed by atoms with Crippen molar-refractivity contribution in [1.29, 1.82) is 0 Å². The van der Waals surface area contributed by atoms with Crippen molar-refractivity contribution in [3.63, 3.8) is 0 Å². The van der Waals surface area contributed by atoms with Crippen molar-refractivity contribution in [3.8, 4) is 0 Å². The Kier molecular flexibility index (Phi) is 4.83. The van der Waals surface area contributed by atoms with Gasteiger partial charge in [-0.25, -0.2) is 9.67 Å². The SMILES string of the molecule is Cc1ncn(CC(=O)N2C3CCC2CC(n2cc(C(C)(C)C)nn2)C3)c(=O)c1C. The molecule has 0 radical (unpaired) electrons. The highest BCUT2D eigenvalue weighted by atomic mass is 16.2. The minimum atomic E-state index is -0.134. The maximum Gasteiger partial charge on any atom is 0.256 e. The average Bonchev–Trinajstić information content (AvgIpc) is 3.25. The van der Waals surface area contributed by atoms with E-state index in [1.807, 2.05) is 16.5 Å². The molecule has 8 nitrogen and oxygen atoms in total. The predicted octanol–water partition coefficient (Wildman–Crippen LogP) is 2.14. The molecule has 8 heteroatoms. The van der Waals surface area contributed by atoms with Crippen molar-refractivity contribution in [2.24, 2.45) is 0 Å². The number of fused-ring (bicyclic) bond motifs is 2. The number of carbonyl (C=O) groups is 1. The maximum atomic E-state index is 13.1. The first-order valence-corrected chi connectivity index (χ1v) is 10.4. The van der Waals surface area contributed by atoms with Crippen molar-refractivity contribution in [2.45, 2.75) is 90.4 Å². The lowest BCUT2D eigenvalue weighted by Gasteiger charge is -2.39. The summed E-state index contributed by atoms with van der Waals surface area (Å²) in [6.07, 6.45) is 7.33. The second-order valence-corrected chi connectivity index (χ2v) is 9.53. The first-order chi connectivity index (χ1) is 13.6. The van der Waals surface area contributed by atoms with Crippen LogP contribution in [0.5, 0.6) is 0 Å². The van der Waals surface area contributed by atoms with Gasteiger partial charge in [0.05, 0.1) is 18.1 Å². The minimum Gasteiger partial charge on any atom is -0.335 e. The van der Waals surface area contributed by atoms with Crippen LogP contribution in [0.3, 0.4) is 0 Å². The smallest absolute Gasteiger partial charge is 0.256 e. The average molecular weight is 399 g/mol. The molecule has 0 N–H and O–H groups in total. The van der Waals surface area contributed by atoms with Crippen LogP contribution >= 0.6 is 0 Å². The van der Waals surface area contributed by atoms with Gasteiger partial charge in [0.15, 0.2) is 0 Å². The second kappa shape index (κ2) is 7.07. The van der Waals surface area contributed by atoms with Gasteiger partial charge in [-0.2, -0.15) is 0 Å². The summed E-state index contributed by atoms with van der Waals surface area (Å²) < 4.78 is 3.43. The van der Waals surface area contributed by atoms with E-state index in [9.17, 15) is 9.59 Å². The van der Waals surface area contributed by atoms with E-state index in [0.29, 0.717) is 11.3 Å². The van der Waals surface area contributed by atoms with Gasteiger partial charge in [-0.15, -0.1) is 5.10 Å². The van der Waals surface area contributed by atoms with E-state index in [-0.39, 0.29) is 41.6 Å². The summed E-state index contributed by atoms with van der Waals surface area (Å²) in [5.41, 5.74) is 2.14. The van der Waals surface area contributed by atoms with E-state index in [1.165, 1.54) is 10.9 Å². The Morgan fingerprint density at radius 2 is 1.79 bits per heavy atom. The van der Waals surface area contributed by atoms with Crippen LogP contribution in [0.2, 0.25) is 0 Å². The highest BCUT2D eigenvalue weighted by Gasteiger charge is 2.44. The van der Waals surface area contributed by atoms with Gasteiger partial charge in [0.1, 0.15) is 6.54 Å². The van der Waals surface area contributed by atoms with Gasteiger partial charge in [0.2, 0.25) is 5.91 Å². The Labute approximate surface area is 170 Å². The third kappa shape index (κ3) is 3.60. The fourth-order valence-corrected chi connectivity index (χ4v) is 4.59. The third-order valence-electron chi connectivity index (χ3n) is 6.47. The lowest BCUT2D eigenvalue weighted by Crippen LogP contribution is -2.49. The number of carbonyl (C=O) groups excluding carboxylic acids is 1. The summed E-state index contributed by atoms with van der Waals surface area (Å²) in [6, 6.07) is 0.665. The van der Waals surface area contributed by atoms with Crippen LogP contribution in [-0.4, -0.2) is 47.4 Å². The lowest BCUT2D eigenvalue weighted by molar-refractivity contribution is -0.137. The molecular weight excluding hydrogens is 368 g/mol. The van der Waals surface area contributed by atoms with Gasteiger partial charge in [0, 0.05) is 35.0 Å². The number of rotatable bonds is 3. The Balaban J connectivity index is 1.48. The normalized spacial score (nSPS) is 24.2. The molecule has 0 saturated carbocycles. The van der Waals surface area contributed by atoms with Crippen molar-refractivity contribution in [3.05, 3.63) is 39.8 Å². The Bertz CT molecular complexity index is 972. The van der Waals surface area contributed by atoms with E-state index >= 15 is 0 Å². The zero-order chi connectivity index (χ0) is 20.9. The minimum absolute atomic E-state index is 0.0112. The maximum absolute atomic E-state index is 13.1. The lowest BCUT2D eigenvalue weighted by atomic mass is 9.93. The third-order valence-corrected chi connectivity index (χ3v) is 6.47. The van der Waals surface area contributed by atoms with E-state index in [4.69, 9.17) is 0 Å². The monoisotopic (exact) mass is 398 g/mol. The molecule has 0 aliphatic carbocycles. The summed E-state index contributed by atoms with van der Waals surface area (Å²) in [7, 11) is 0. The van der Waals surface area contributed by atoms with E-state index in [1.54, 1.807) is 6.92 Å². The molecule has 1 amide bonds. The topological polar surface area (TPSA) is 85.9 Å². The van der Waals surface area contributed by atoms with Crippen LogP contribution in [0.15, 0.2) is 17.3 Å². The van der Waals surface area contributed by atoms with E-state index < -0.39 is 0 Å². The molecular formula is C21H30N6O2. The first-order valence-electron chi connectivity index (χ1n) is 10.4. The van der Waals surface area contributed by atoms with Crippen LogP contribution in [0.1, 0.15) is 69.4 Å². The molecule has 2 unspecified atom stereocenters. The quantitative estimate of drug-likeness (QED) is 0.791. The molecule has 0 aromatic carbocycles. The summed E-state index contributed by atoms with van der Waals surface area (Å²) in [6.45, 7) is 10.0. The Morgan fingerprint density at radius 1 is 1.14 bits per heavy atom. The highest BCUT2D eigenvalue weighted by Crippen LogP contribution is 2.41. The number of hydrogen-bond acceptors (Lipinski definition) is 5. The number of aromatic nitrogens is 5. The van der Waals surface area contributed by atoms with Crippen molar-refractivity contribution >= 4 is 5.91 Å². The van der Waals surface area contributed by atoms with Gasteiger partial charge >= 0.3 is 0 Å². The Hall–Kier alpha value is -2.51.